The maximum atomic E-state index is 9.75. The van der Waals surface area contributed by atoms with Crippen LogP contribution in [-0.2, 0) is 0 Å². The van der Waals surface area contributed by atoms with E-state index in [0.717, 1.165) is 5.34 Å². The van der Waals surface area contributed by atoms with Gasteiger partial charge in [-0.2, -0.15) is 0 Å². The van der Waals surface area contributed by atoms with E-state index in [0.29, 0.717) is 0 Å². The summed E-state index contributed by atoms with van der Waals surface area (Å²) in [5.74, 6) is 0. The van der Waals surface area contributed by atoms with Crippen molar-refractivity contribution in [2.75, 3.05) is 0 Å². The second-order valence-corrected chi connectivity index (χ2v) is 0.569. The molecule has 9 heteroatoms. The Bertz CT molecular complexity index is 62.8. The monoisotopic (exact) mass is 157 g/mol. The smallest absolute Gasteiger partial charge is 0.444 e. The van der Waals surface area contributed by atoms with Gasteiger partial charge in [-0.1, -0.05) is 0 Å². The Balaban J connectivity index is -0.0000000326. The van der Waals surface area contributed by atoms with Gasteiger partial charge in [-0.05, 0) is 0 Å². The third kappa shape index (κ3) is 9150. The molecule has 0 radical (unpaired) electrons. The maximum absolute atomic E-state index is 9.75. The molecular weight excluding hydrogens is 156 g/mol. The van der Waals surface area contributed by atoms with Crippen molar-refractivity contribution in [1.82, 2.24) is 0 Å². The van der Waals surface area contributed by atoms with Gasteiger partial charge in [-0.25, -0.2) is 0 Å². The normalized spacial score (nSPS) is 8.00. The summed E-state index contributed by atoms with van der Waals surface area (Å²) in [6, 6.07) is 0. The number of nitrogens with zero attached hydrogens (tertiary/aromatic N) is 1. The quantitative estimate of drug-likeness (QED) is 0.189. The Morgan fingerprint density at radius 2 is 1.33 bits per heavy atom. The molecule has 0 N–H and O–H groups in total. The average molecular weight is 157 g/mol. The molecule has 0 atom stereocenters. The molecule has 3 nitrogen and oxygen atoms in total. The van der Waals surface area contributed by atoms with E-state index in [9.17, 15) is 17.3 Å². The fourth-order valence-electron chi connectivity index (χ4n) is 0. The first kappa shape index (κ1) is 16.1. The molecule has 0 amide bonds. The minimum absolute atomic E-state index is 0. The number of rotatable bonds is 0. The summed E-state index contributed by atoms with van der Waals surface area (Å²) >= 11 is 0. The van der Waals surface area contributed by atoms with E-state index >= 15 is 0 Å². The second kappa shape index (κ2) is 8.18. The van der Waals surface area contributed by atoms with E-state index in [1.807, 2.05) is 0 Å². The first-order valence-electron chi connectivity index (χ1n) is 1.24. The Morgan fingerprint density at radius 1 is 1.33 bits per heavy atom. The van der Waals surface area contributed by atoms with Crippen LogP contribution in [0.25, 0.3) is 0 Å². The Labute approximate surface area is 71.2 Å². The van der Waals surface area contributed by atoms with Crippen molar-refractivity contribution in [2.24, 2.45) is 5.34 Å². The van der Waals surface area contributed by atoms with Gasteiger partial charge in [-0.15, -0.1) is 5.34 Å². The molecule has 0 fully saturated rings. The van der Waals surface area contributed by atoms with E-state index < -0.39 is 7.25 Å². The van der Waals surface area contributed by atoms with Crippen LogP contribution >= 0.6 is 0 Å². The zero-order chi connectivity index (χ0) is 7.21. The molecule has 9 heavy (non-hydrogen) atoms. The third-order valence-corrected chi connectivity index (χ3v) is 0. The first-order chi connectivity index (χ1) is 3.41. The minimum atomic E-state index is -6.00. The van der Waals surface area contributed by atoms with Crippen LogP contribution in [0.15, 0.2) is 5.34 Å². The van der Waals surface area contributed by atoms with Crippen molar-refractivity contribution in [3.05, 3.63) is 10.1 Å². The van der Waals surface area contributed by atoms with E-state index in [4.69, 9.17) is 10.1 Å². The fourth-order valence-corrected chi connectivity index (χ4v) is 0. The molecule has 50 valence electrons. The van der Waals surface area contributed by atoms with Crippen molar-refractivity contribution in [3.63, 3.8) is 0 Å². The average Bonchev–Trinajstić information content (AvgIpc) is 1.27. The molecule has 0 rings (SSSR count). The van der Waals surface area contributed by atoms with Gasteiger partial charge in [0.25, 0.3) is 0 Å². The molecule has 0 aliphatic heterocycles. The summed E-state index contributed by atoms with van der Waals surface area (Å²) in [5, 5.41) is 9.00. The van der Waals surface area contributed by atoms with Gasteiger partial charge in [0.15, 0.2) is 0 Å². The summed E-state index contributed by atoms with van der Waals surface area (Å²) in [6.07, 6.45) is 0. The zero-order valence-corrected chi connectivity index (χ0v) is 6.35. The van der Waals surface area contributed by atoms with Crippen LogP contribution in [0.2, 0.25) is 0 Å². The summed E-state index contributed by atoms with van der Waals surface area (Å²) in [4.78, 5) is 8.00. The fraction of sp³-hybridized carbons (Fsp3) is 0. The minimum Gasteiger partial charge on any atom is -0.444 e. The number of halogens is 4. The van der Waals surface area contributed by atoms with Gasteiger partial charge < -0.3 is 27.4 Å². The Hall–Kier alpha value is 0.185. The number of hydrogen-bond acceptors (Lipinski definition) is 3. The number of hydrogen-bond donors (Lipinski definition) is 0. The van der Waals surface area contributed by atoms with E-state index in [-0.39, 0.29) is 31.0 Å². The van der Waals surface area contributed by atoms with Crippen LogP contribution in [0, 0.1) is 10.1 Å². The van der Waals surface area contributed by atoms with Crippen LogP contribution in [0.5, 0.6) is 0 Å². The van der Waals surface area contributed by atoms with E-state index in [1.165, 1.54) is 0 Å². The van der Waals surface area contributed by atoms with Crippen LogP contribution in [-0.4, -0.2) is 7.25 Å². The van der Waals surface area contributed by atoms with Crippen molar-refractivity contribution >= 4 is 7.25 Å². The topological polar surface area (TPSA) is 52.5 Å². The molecule has 0 heterocycles. The van der Waals surface area contributed by atoms with E-state index in [2.05, 4.69) is 0 Å². The Kier molecular flexibility index (Phi) is 14.6. The largest absolute Gasteiger partial charge is 1.00 e. The SMILES string of the molecule is F[B-](F)(F)F.O=N[O-].[H+].[Na+]. The molecule has 0 aromatic heterocycles. The molecule has 0 unspecified atom stereocenters. The standard InChI is InChI=1S/BF4.HNO2.Na/c2-1(3,4)5;2-1-3;/h;(H,2,3);/q-1;;+1. The van der Waals surface area contributed by atoms with Crippen molar-refractivity contribution in [1.29, 1.82) is 0 Å². The van der Waals surface area contributed by atoms with E-state index in [1.54, 1.807) is 0 Å². The molecular formula is HBF4NNaO2. The van der Waals surface area contributed by atoms with Crippen molar-refractivity contribution < 1.29 is 48.2 Å². The first-order valence-corrected chi connectivity index (χ1v) is 1.24. The van der Waals surface area contributed by atoms with Crippen LogP contribution in [0.1, 0.15) is 1.43 Å². The van der Waals surface area contributed by atoms with Crippen LogP contribution in [0.4, 0.5) is 17.3 Å². The molecule has 0 aromatic rings. The summed E-state index contributed by atoms with van der Waals surface area (Å²) in [7, 11) is -6.00. The van der Waals surface area contributed by atoms with Gasteiger partial charge in [0, 0.05) is 0 Å². The predicted molar refractivity (Wildman–Crippen MR) is 20.5 cm³/mol. The van der Waals surface area contributed by atoms with Gasteiger partial charge >= 0.3 is 38.2 Å². The molecule has 0 bridgehead atoms. The molecule has 0 aromatic carbocycles. The summed E-state index contributed by atoms with van der Waals surface area (Å²) < 4.78 is 39.0. The molecule has 0 saturated carbocycles. The van der Waals surface area contributed by atoms with Crippen molar-refractivity contribution in [3.8, 4) is 0 Å². The summed E-state index contributed by atoms with van der Waals surface area (Å²) in [5.41, 5.74) is 0. The molecule has 0 saturated heterocycles. The van der Waals surface area contributed by atoms with Crippen LogP contribution in [0.3, 0.4) is 0 Å². The molecule has 0 aliphatic carbocycles. The predicted octanol–water partition coefficient (Wildman–Crippen LogP) is -1.33. The molecule has 0 spiro atoms. The van der Waals surface area contributed by atoms with Gasteiger partial charge in [0.1, 0.15) is 0 Å². The maximum Gasteiger partial charge on any atom is 1.00 e. The van der Waals surface area contributed by atoms with Gasteiger partial charge in [0.05, 0.1) is 0 Å². The second-order valence-electron chi connectivity index (χ2n) is 0.569. The zero-order valence-electron chi connectivity index (χ0n) is 5.35. The summed E-state index contributed by atoms with van der Waals surface area (Å²) in [6.45, 7) is 0. The van der Waals surface area contributed by atoms with Gasteiger partial charge in [0.2, 0.25) is 0 Å². The van der Waals surface area contributed by atoms with Crippen LogP contribution < -0.4 is 29.6 Å². The van der Waals surface area contributed by atoms with Crippen molar-refractivity contribution in [2.45, 2.75) is 0 Å². The molecule has 0 aliphatic rings. The van der Waals surface area contributed by atoms with Gasteiger partial charge in [-0.3, -0.25) is 0 Å². The Morgan fingerprint density at radius 3 is 1.33 bits per heavy atom. The third-order valence-electron chi connectivity index (χ3n) is 0.